The molecule has 0 radical (unpaired) electrons. The summed E-state index contributed by atoms with van der Waals surface area (Å²) in [5.41, 5.74) is 4.84. The molecule has 2 aromatic carbocycles. The van der Waals surface area contributed by atoms with Crippen molar-refractivity contribution in [1.82, 2.24) is 9.97 Å². The van der Waals surface area contributed by atoms with Gasteiger partial charge in [-0.05, 0) is 57.3 Å². The molecule has 0 N–H and O–H groups in total. The van der Waals surface area contributed by atoms with Crippen LogP contribution in [0.3, 0.4) is 0 Å². The van der Waals surface area contributed by atoms with Crippen LogP contribution in [0, 0.1) is 0 Å². The first-order valence-corrected chi connectivity index (χ1v) is 7.26. The van der Waals surface area contributed by atoms with Gasteiger partial charge < -0.3 is 0 Å². The topological polar surface area (TPSA) is 25.8 Å². The SMILES string of the molecule is c1cc(-c2ccncc2)c2cccc(-c3ccncc3)c2c1. The molecule has 2 heterocycles. The van der Waals surface area contributed by atoms with E-state index >= 15 is 0 Å². The molecule has 0 amide bonds. The Morgan fingerprint density at radius 1 is 0.455 bits per heavy atom. The maximum atomic E-state index is 4.11. The Kier molecular flexibility index (Phi) is 3.13. The zero-order valence-corrected chi connectivity index (χ0v) is 12.0. The molecule has 104 valence electrons. The highest BCUT2D eigenvalue weighted by molar-refractivity contribution is 6.04. The fourth-order valence-corrected chi connectivity index (χ4v) is 2.88. The molecule has 0 spiro atoms. The van der Waals surface area contributed by atoms with E-state index in [2.05, 4.69) is 46.4 Å². The maximum absolute atomic E-state index is 4.11. The van der Waals surface area contributed by atoms with Crippen molar-refractivity contribution in [2.45, 2.75) is 0 Å². The van der Waals surface area contributed by atoms with Gasteiger partial charge >= 0.3 is 0 Å². The van der Waals surface area contributed by atoms with E-state index in [0.29, 0.717) is 0 Å². The number of rotatable bonds is 2. The van der Waals surface area contributed by atoms with Gasteiger partial charge in [-0.15, -0.1) is 0 Å². The standard InChI is InChI=1S/C20H14N2/c1-3-17(15-7-11-21-12-8-15)20-6-2-4-18(19(20)5-1)16-9-13-22-14-10-16/h1-14H. The lowest BCUT2D eigenvalue weighted by atomic mass is 9.94. The summed E-state index contributed by atoms with van der Waals surface area (Å²) >= 11 is 0. The molecule has 0 fully saturated rings. The largest absolute Gasteiger partial charge is 0.265 e. The Morgan fingerprint density at radius 3 is 1.27 bits per heavy atom. The van der Waals surface area contributed by atoms with Crippen LogP contribution in [0.25, 0.3) is 33.0 Å². The number of pyridine rings is 2. The lowest BCUT2D eigenvalue weighted by molar-refractivity contribution is 1.33. The van der Waals surface area contributed by atoms with Crippen LogP contribution >= 0.6 is 0 Å². The molecule has 4 rings (SSSR count). The smallest absolute Gasteiger partial charge is 0.0273 e. The van der Waals surface area contributed by atoms with Crippen molar-refractivity contribution in [3.8, 4) is 22.3 Å². The van der Waals surface area contributed by atoms with E-state index in [0.717, 1.165) is 0 Å². The van der Waals surface area contributed by atoms with E-state index in [4.69, 9.17) is 0 Å². The highest BCUT2D eigenvalue weighted by Crippen LogP contribution is 2.34. The van der Waals surface area contributed by atoms with Crippen LogP contribution in [0.1, 0.15) is 0 Å². The summed E-state index contributed by atoms with van der Waals surface area (Å²) in [5.74, 6) is 0. The number of hydrogen-bond donors (Lipinski definition) is 0. The van der Waals surface area contributed by atoms with Gasteiger partial charge in [0.25, 0.3) is 0 Å². The number of fused-ring (bicyclic) bond motifs is 1. The molecule has 22 heavy (non-hydrogen) atoms. The van der Waals surface area contributed by atoms with E-state index < -0.39 is 0 Å². The third-order valence-electron chi connectivity index (χ3n) is 3.90. The molecule has 0 aliphatic heterocycles. The summed E-state index contributed by atoms with van der Waals surface area (Å²) in [6, 6.07) is 21.1. The summed E-state index contributed by atoms with van der Waals surface area (Å²) in [6.45, 7) is 0. The summed E-state index contributed by atoms with van der Waals surface area (Å²) < 4.78 is 0. The van der Waals surface area contributed by atoms with Crippen molar-refractivity contribution in [2.24, 2.45) is 0 Å². The number of benzene rings is 2. The van der Waals surface area contributed by atoms with Crippen LogP contribution in [0.2, 0.25) is 0 Å². The van der Waals surface area contributed by atoms with Crippen molar-refractivity contribution < 1.29 is 0 Å². The fourth-order valence-electron chi connectivity index (χ4n) is 2.88. The van der Waals surface area contributed by atoms with Crippen molar-refractivity contribution >= 4 is 10.8 Å². The lowest BCUT2D eigenvalue weighted by Crippen LogP contribution is -1.85. The monoisotopic (exact) mass is 282 g/mol. The van der Waals surface area contributed by atoms with E-state index in [1.165, 1.54) is 33.0 Å². The van der Waals surface area contributed by atoms with Crippen LogP contribution in [-0.2, 0) is 0 Å². The second-order valence-electron chi connectivity index (χ2n) is 5.18. The highest BCUT2D eigenvalue weighted by atomic mass is 14.6. The van der Waals surface area contributed by atoms with Gasteiger partial charge in [-0.2, -0.15) is 0 Å². The van der Waals surface area contributed by atoms with Crippen LogP contribution in [-0.4, -0.2) is 9.97 Å². The summed E-state index contributed by atoms with van der Waals surface area (Å²) in [7, 11) is 0. The van der Waals surface area contributed by atoms with E-state index in [-0.39, 0.29) is 0 Å². The Balaban J connectivity index is 2.00. The second kappa shape index (κ2) is 5.41. The Labute approximate surface area is 129 Å². The first kappa shape index (κ1) is 12.7. The van der Waals surface area contributed by atoms with Gasteiger partial charge in [0.1, 0.15) is 0 Å². The van der Waals surface area contributed by atoms with Crippen LogP contribution in [0.5, 0.6) is 0 Å². The molecule has 0 aliphatic carbocycles. The number of nitrogens with zero attached hydrogens (tertiary/aromatic N) is 2. The third kappa shape index (κ3) is 2.15. The van der Waals surface area contributed by atoms with Gasteiger partial charge in [0.05, 0.1) is 0 Å². The van der Waals surface area contributed by atoms with E-state index in [1.54, 1.807) is 0 Å². The van der Waals surface area contributed by atoms with Crippen molar-refractivity contribution in [1.29, 1.82) is 0 Å². The minimum Gasteiger partial charge on any atom is -0.265 e. The van der Waals surface area contributed by atoms with Gasteiger partial charge in [0, 0.05) is 24.8 Å². The zero-order valence-electron chi connectivity index (χ0n) is 12.0. The molecule has 0 atom stereocenters. The number of aromatic nitrogens is 2. The summed E-state index contributed by atoms with van der Waals surface area (Å²) in [6.07, 6.45) is 7.34. The number of hydrogen-bond acceptors (Lipinski definition) is 2. The second-order valence-corrected chi connectivity index (χ2v) is 5.18. The Hall–Kier alpha value is -3.00. The molecule has 2 aromatic heterocycles. The van der Waals surface area contributed by atoms with E-state index in [9.17, 15) is 0 Å². The quantitative estimate of drug-likeness (QED) is 0.519. The predicted molar refractivity (Wildman–Crippen MR) is 90.4 cm³/mol. The van der Waals surface area contributed by atoms with E-state index in [1.807, 2.05) is 49.1 Å². The minimum atomic E-state index is 1.19. The molecule has 2 nitrogen and oxygen atoms in total. The van der Waals surface area contributed by atoms with Gasteiger partial charge in [0.15, 0.2) is 0 Å². The molecule has 2 heteroatoms. The molecule has 0 saturated carbocycles. The molecule has 0 unspecified atom stereocenters. The first-order valence-electron chi connectivity index (χ1n) is 7.26. The minimum absolute atomic E-state index is 1.19. The molecule has 0 bridgehead atoms. The molecule has 0 aliphatic rings. The zero-order chi connectivity index (χ0) is 14.8. The van der Waals surface area contributed by atoms with Crippen molar-refractivity contribution in [3.05, 3.63) is 85.5 Å². The lowest BCUT2D eigenvalue weighted by Gasteiger charge is -2.11. The van der Waals surface area contributed by atoms with Crippen molar-refractivity contribution in [2.75, 3.05) is 0 Å². The average Bonchev–Trinajstić information content (AvgIpc) is 2.62. The van der Waals surface area contributed by atoms with Crippen LogP contribution in [0.15, 0.2) is 85.5 Å². The van der Waals surface area contributed by atoms with Crippen LogP contribution in [0.4, 0.5) is 0 Å². The Bertz CT molecular complexity index is 837. The fraction of sp³-hybridized carbons (Fsp3) is 0. The van der Waals surface area contributed by atoms with Crippen molar-refractivity contribution in [3.63, 3.8) is 0 Å². The van der Waals surface area contributed by atoms with Gasteiger partial charge in [-0.1, -0.05) is 36.4 Å². The Morgan fingerprint density at radius 2 is 0.864 bits per heavy atom. The molecule has 4 aromatic rings. The average molecular weight is 282 g/mol. The third-order valence-corrected chi connectivity index (χ3v) is 3.90. The summed E-state index contributed by atoms with van der Waals surface area (Å²) in [4.78, 5) is 8.22. The first-order chi connectivity index (χ1) is 10.9. The summed E-state index contributed by atoms with van der Waals surface area (Å²) in [5, 5.41) is 2.51. The van der Waals surface area contributed by atoms with Crippen LogP contribution < -0.4 is 0 Å². The van der Waals surface area contributed by atoms with Gasteiger partial charge in [-0.3, -0.25) is 9.97 Å². The highest BCUT2D eigenvalue weighted by Gasteiger charge is 2.07. The maximum Gasteiger partial charge on any atom is 0.0273 e. The predicted octanol–water partition coefficient (Wildman–Crippen LogP) is 4.96. The molecular weight excluding hydrogens is 268 g/mol. The molecular formula is C20H14N2. The molecule has 0 saturated heterocycles. The van der Waals surface area contributed by atoms with Gasteiger partial charge in [-0.25, -0.2) is 0 Å². The van der Waals surface area contributed by atoms with Gasteiger partial charge in [0.2, 0.25) is 0 Å². The normalized spacial score (nSPS) is 10.7.